The summed E-state index contributed by atoms with van der Waals surface area (Å²) in [5.41, 5.74) is 2.40. The summed E-state index contributed by atoms with van der Waals surface area (Å²) >= 11 is 1.37. The summed E-state index contributed by atoms with van der Waals surface area (Å²) in [6, 6.07) is 12.8. The number of para-hydroxylation sites is 1. The Morgan fingerprint density at radius 3 is 2.69 bits per heavy atom. The zero-order chi connectivity index (χ0) is 18.5. The summed E-state index contributed by atoms with van der Waals surface area (Å²) in [4.78, 5) is 18.3. The molecule has 26 heavy (non-hydrogen) atoms. The standard InChI is InChI=1S/C20H22FN3OS/c1-3-4-6-14-9-11-15(12-10-14)22-18(25)13-24(2)20-23-19-16(21)7-5-8-17(19)26-20/h5,7-12H,3-4,6,13H2,1-2H3,(H,22,25). The molecule has 1 aromatic heterocycles. The highest BCUT2D eigenvalue weighted by Gasteiger charge is 2.14. The number of nitrogens with one attached hydrogen (secondary N) is 1. The molecule has 0 aliphatic carbocycles. The lowest BCUT2D eigenvalue weighted by molar-refractivity contribution is -0.114. The van der Waals surface area contributed by atoms with Gasteiger partial charge in [-0.15, -0.1) is 0 Å². The molecule has 0 spiro atoms. The molecule has 3 aromatic rings. The van der Waals surface area contributed by atoms with Crippen molar-refractivity contribution in [1.29, 1.82) is 0 Å². The van der Waals surface area contributed by atoms with Crippen LogP contribution in [0.15, 0.2) is 42.5 Å². The van der Waals surface area contributed by atoms with Crippen molar-refractivity contribution >= 4 is 38.3 Å². The molecule has 0 fully saturated rings. The highest BCUT2D eigenvalue weighted by atomic mass is 32.1. The van der Waals surface area contributed by atoms with E-state index < -0.39 is 0 Å². The van der Waals surface area contributed by atoms with Crippen LogP contribution in [0.2, 0.25) is 0 Å². The minimum absolute atomic E-state index is 0.131. The van der Waals surface area contributed by atoms with Crippen molar-refractivity contribution < 1.29 is 9.18 Å². The lowest BCUT2D eigenvalue weighted by Crippen LogP contribution is -2.29. The maximum atomic E-state index is 13.8. The van der Waals surface area contributed by atoms with E-state index in [2.05, 4.69) is 17.2 Å². The first-order chi connectivity index (χ1) is 12.6. The van der Waals surface area contributed by atoms with Crippen molar-refractivity contribution in [1.82, 2.24) is 4.98 Å². The summed E-state index contributed by atoms with van der Waals surface area (Å²) in [5.74, 6) is -0.473. The largest absolute Gasteiger partial charge is 0.342 e. The predicted molar refractivity (Wildman–Crippen MR) is 107 cm³/mol. The van der Waals surface area contributed by atoms with Gasteiger partial charge in [-0.1, -0.05) is 42.9 Å². The fraction of sp³-hybridized carbons (Fsp3) is 0.300. The van der Waals surface area contributed by atoms with Crippen LogP contribution >= 0.6 is 11.3 Å². The van der Waals surface area contributed by atoms with E-state index >= 15 is 0 Å². The molecule has 2 aromatic carbocycles. The Bertz CT molecular complexity index is 892. The van der Waals surface area contributed by atoms with Crippen molar-refractivity contribution in [2.75, 3.05) is 23.8 Å². The zero-order valence-corrected chi connectivity index (χ0v) is 15.8. The number of anilines is 2. The van der Waals surface area contributed by atoms with Gasteiger partial charge in [0, 0.05) is 12.7 Å². The van der Waals surface area contributed by atoms with Crippen molar-refractivity contribution in [2.24, 2.45) is 0 Å². The van der Waals surface area contributed by atoms with Gasteiger partial charge in [0.15, 0.2) is 5.13 Å². The lowest BCUT2D eigenvalue weighted by atomic mass is 10.1. The van der Waals surface area contributed by atoms with Gasteiger partial charge in [0.1, 0.15) is 11.3 Å². The van der Waals surface area contributed by atoms with Gasteiger partial charge in [-0.25, -0.2) is 9.37 Å². The molecule has 4 nitrogen and oxygen atoms in total. The van der Waals surface area contributed by atoms with Gasteiger partial charge in [-0.05, 0) is 42.7 Å². The monoisotopic (exact) mass is 371 g/mol. The molecule has 1 N–H and O–H groups in total. The van der Waals surface area contributed by atoms with Gasteiger partial charge in [0.25, 0.3) is 0 Å². The van der Waals surface area contributed by atoms with Crippen LogP contribution in [-0.2, 0) is 11.2 Å². The number of benzene rings is 2. The van der Waals surface area contributed by atoms with Crippen molar-refractivity contribution in [3.63, 3.8) is 0 Å². The molecule has 0 bridgehead atoms. The highest BCUT2D eigenvalue weighted by molar-refractivity contribution is 7.22. The molecule has 0 unspecified atom stereocenters. The molecule has 0 radical (unpaired) electrons. The summed E-state index contributed by atoms with van der Waals surface area (Å²) < 4.78 is 14.5. The van der Waals surface area contributed by atoms with E-state index in [0.717, 1.165) is 16.8 Å². The average Bonchev–Trinajstić information content (AvgIpc) is 3.07. The van der Waals surface area contributed by atoms with Crippen LogP contribution in [0.1, 0.15) is 25.3 Å². The van der Waals surface area contributed by atoms with Crippen LogP contribution in [0.4, 0.5) is 15.2 Å². The molecule has 0 saturated carbocycles. The van der Waals surface area contributed by atoms with Crippen LogP contribution < -0.4 is 10.2 Å². The number of unbranched alkanes of at least 4 members (excludes halogenated alkanes) is 1. The first-order valence-corrected chi connectivity index (χ1v) is 9.53. The van der Waals surface area contributed by atoms with Crippen LogP contribution in [0, 0.1) is 5.82 Å². The van der Waals surface area contributed by atoms with Crippen LogP contribution in [0.3, 0.4) is 0 Å². The first-order valence-electron chi connectivity index (χ1n) is 8.72. The molecule has 136 valence electrons. The molecule has 6 heteroatoms. The fourth-order valence-corrected chi connectivity index (χ4v) is 3.63. The van der Waals surface area contributed by atoms with E-state index in [1.54, 1.807) is 18.0 Å². The molecule has 0 aliphatic rings. The van der Waals surface area contributed by atoms with Gasteiger partial charge in [-0.3, -0.25) is 4.79 Å². The van der Waals surface area contributed by atoms with E-state index in [1.807, 2.05) is 30.3 Å². The summed E-state index contributed by atoms with van der Waals surface area (Å²) in [6.07, 6.45) is 3.39. The minimum atomic E-state index is -0.342. The van der Waals surface area contributed by atoms with E-state index in [4.69, 9.17) is 0 Å². The number of nitrogens with zero attached hydrogens (tertiary/aromatic N) is 2. The number of thiazole rings is 1. The maximum Gasteiger partial charge on any atom is 0.243 e. The Morgan fingerprint density at radius 2 is 2.00 bits per heavy atom. The number of amides is 1. The van der Waals surface area contributed by atoms with Crippen LogP contribution in [-0.4, -0.2) is 24.5 Å². The van der Waals surface area contributed by atoms with Crippen molar-refractivity contribution in [2.45, 2.75) is 26.2 Å². The number of carbonyl (C=O) groups is 1. The molecule has 0 saturated heterocycles. The Kier molecular flexibility index (Phi) is 5.83. The van der Waals surface area contributed by atoms with E-state index in [0.29, 0.717) is 10.6 Å². The Morgan fingerprint density at radius 1 is 1.23 bits per heavy atom. The van der Waals surface area contributed by atoms with Gasteiger partial charge in [0.2, 0.25) is 5.91 Å². The number of carbonyl (C=O) groups excluding carboxylic acids is 1. The SMILES string of the molecule is CCCCc1ccc(NC(=O)CN(C)c2nc3c(F)cccc3s2)cc1. The lowest BCUT2D eigenvalue weighted by Gasteiger charge is -2.15. The Hall–Kier alpha value is -2.47. The molecular formula is C20H22FN3OS. The normalized spacial score (nSPS) is 10.9. The number of likely N-dealkylation sites (N-methyl/N-ethyl adjacent to an activating group) is 1. The van der Waals surface area contributed by atoms with Crippen LogP contribution in [0.25, 0.3) is 10.2 Å². The van der Waals surface area contributed by atoms with Crippen LogP contribution in [0.5, 0.6) is 0 Å². The number of hydrogen-bond donors (Lipinski definition) is 1. The maximum absolute atomic E-state index is 13.8. The van der Waals surface area contributed by atoms with E-state index in [1.165, 1.54) is 35.8 Å². The molecule has 0 atom stereocenters. The molecular weight excluding hydrogens is 349 g/mol. The van der Waals surface area contributed by atoms with E-state index in [-0.39, 0.29) is 18.3 Å². The van der Waals surface area contributed by atoms with Gasteiger partial charge >= 0.3 is 0 Å². The summed E-state index contributed by atoms with van der Waals surface area (Å²) in [5, 5.41) is 3.51. The third-order valence-corrected chi connectivity index (χ3v) is 5.26. The second-order valence-electron chi connectivity index (χ2n) is 6.29. The summed E-state index contributed by atoms with van der Waals surface area (Å²) in [7, 11) is 1.78. The highest BCUT2D eigenvalue weighted by Crippen LogP contribution is 2.29. The van der Waals surface area contributed by atoms with Gasteiger partial charge < -0.3 is 10.2 Å². The first kappa shape index (κ1) is 18.3. The number of aryl methyl sites for hydroxylation is 1. The number of aromatic nitrogens is 1. The number of hydrogen-bond acceptors (Lipinski definition) is 4. The van der Waals surface area contributed by atoms with Gasteiger partial charge in [0.05, 0.1) is 11.2 Å². The predicted octanol–water partition coefficient (Wildman–Crippen LogP) is 4.85. The molecule has 3 rings (SSSR count). The topological polar surface area (TPSA) is 45.2 Å². The number of halogens is 1. The molecule has 1 amide bonds. The van der Waals surface area contributed by atoms with Gasteiger partial charge in [-0.2, -0.15) is 0 Å². The van der Waals surface area contributed by atoms with Crippen molar-refractivity contribution in [3.8, 4) is 0 Å². The van der Waals surface area contributed by atoms with E-state index in [9.17, 15) is 9.18 Å². The zero-order valence-electron chi connectivity index (χ0n) is 15.0. The quantitative estimate of drug-likeness (QED) is 0.645. The summed E-state index contributed by atoms with van der Waals surface area (Å²) in [6.45, 7) is 2.32. The number of fused-ring (bicyclic) bond motifs is 1. The fourth-order valence-electron chi connectivity index (χ4n) is 2.69. The molecule has 1 heterocycles. The smallest absolute Gasteiger partial charge is 0.243 e. The minimum Gasteiger partial charge on any atom is -0.342 e. The third-order valence-electron chi connectivity index (χ3n) is 4.12. The third kappa shape index (κ3) is 4.38. The average molecular weight is 371 g/mol. The Labute approximate surface area is 156 Å². The van der Waals surface area contributed by atoms with Crippen molar-refractivity contribution in [3.05, 3.63) is 53.8 Å². The Balaban J connectivity index is 1.60. The second kappa shape index (κ2) is 8.27. The second-order valence-corrected chi connectivity index (χ2v) is 7.30. The number of rotatable bonds is 7. The molecule has 0 aliphatic heterocycles.